The molecule has 0 aromatic heterocycles. The van der Waals surface area contributed by atoms with Gasteiger partial charge in [-0.15, -0.1) is 24.0 Å². The molecule has 2 aromatic carbocycles. The summed E-state index contributed by atoms with van der Waals surface area (Å²) >= 11 is 6.12. The highest BCUT2D eigenvalue weighted by molar-refractivity contribution is 14.0. The molecule has 1 atom stereocenters. The van der Waals surface area contributed by atoms with E-state index in [0.29, 0.717) is 23.8 Å². The van der Waals surface area contributed by atoms with Crippen molar-refractivity contribution < 1.29 is 14.3 Å². The molecule has 1 aliphatic heterocycles. The lowest BCUT2D eigenvalue weighted by Gasteiger charge is -2.20. The van der Waals surface area contributed by atoms with Crippen molar-refractivity contribution in [3.8, 4) is 5.75 Å². The molecule has 3 rings (SSSR count). The van der Waals surface area contributed by atoms with Crippen molar-refractivity contribution in [3.63, 3.8) is 0 Å². The number of anilines is 1. The van der Waals surface area contributed by atoms with Crippen LogP contribution in [0.4, 0.5) is 5.69 Å². The molecule has 7 nitrogen and oxygen atoms in total. The van der Waals surface area contributed by atoms with Crippen LogP contribution in [0, 0.1) is 0 Å². The molecule has 2 N–H and O–H groups in total. The monoisotopic (exact) mass is 558 g/mol. The molecule has 0 aliphatic carbocycles. The largest absolute Gasteiger partial charge is 0.496 e. The number of halogens is 2. The summed E-state index contributed by atoms with van der Waals surface area (Å²) in [5, 5.41) is 7.52. The van der Waals surface area contributed by atoms with Gasteiger partial charge in [0.2, 0.25) is 0 Å². The number of hydrogen-bond acceptors (Lipinski definition) is 5. The van der Waals surface area contributed by atoms with Crippen molar-refractivity contribution in [3.05, 3.63) is 58.6 Å². The number of esters is 1. The highest BCUT2D eigenvalue weighted by atomic mass is 127. The van der Waals surface area contributed by atoms with Crippen LogP contribution in [0.2, 0.25) is 5.02 Å². The first-order valence-corrected chi connectivity index (χ1v) is 10.1. The van der Waals surface area contributed by atoms with Crippen LogP contribution in [-0.4, -0.2) is 52.3 Å². The Morgan fingerprint density at radius 3 is 2.74 bits per heavy atom. The molecule has 168 valence electrons. The van der Waals surface area contributed by atoms with Crippen molar-refractivity contribution in [2.45, 2.75) is 19.0 Å². The first-order chi connectivity index (χ1) is 14.5. The second-order valence-electron chi connectivity index (χ2n) is 7.01. The Morgan fingerprint density at radius 2 is 2.06 bits per heavy atom. The molecule has 0 spiro atoms. The molecule has 1 saturated heterocycles. The van der Waals surface area contributed by atoms with Crippen molar-refractivity contribution in [1.29, 1.82) is 0 Å². The normalized spacial score (nSPS) is 15.8. The molecule has 31 heavy (non-hydrogen) atoms. The van der Waals surface area contributed by atoms with Crippen LogP contribution >= 0.6 is 35.6 Å². The van der Waals surface area contributed by atoms with Crippen LogP contribution in [0.1, 0.15) is 22.3 Å². The Kier molecular flexibility index (Phi) is 9.70. The Hall–Kier alpha value is -2.20. The van der Waals surface area contributed by atoms with Crippen molar-refractivity contribution >= 4 is 53.2 Å². The minimum absolute atomic E-state index is 0. The summed E-state index contributed by atoms with van der Waals surface area (Å²) in [6.45, 7) is 2.34. The lowest BCUT2D eigenvalue weighted by Crippen LogP contribution is -2.44. The van der Waals surface area contributed by atoms with E-state index in [0.717, 1.165) is 35.8 Å². The molecule has 0 radical (unpaired) electrons. The Bertz CT molecular complexity index is 925. The number of guanidine groups is 1. The molecular weight excluding hydrogens is 531 g/mol. The Balaban J connectivity index is 0.00000341. The summed E-state index contributed by atoms with van der Waals surface area (Å²) in [4.78, 5) is 18.6. The fraction of sp³-hybridized carbons (Fsp3) is 0.364. The number of aliphatic imine (C=N–C) groups is 1. The number of nitrogens with zero attached hydrogens (tertiary/aromatic N) is 2. The molecule has 1 unspecified atom stereocenters. The van der Waals surface area contributed by atoms with Crippen LogP contribution in [0.5, 0.6) is 5.75 Å². The lowest BCUT2D eigenvalue weighted by atomic mass is 10.1. The number of hydrogen-bond donors (Lipinski definition) is 2. The van der Waals surface area contributed by atoms with Gasteiger partial charge < -0.3 is 25.0 Å². The fourth-order valence-corrected chi connectivity index (χ4v) is 3.68. The van der Waals surface area contributed by atoms with Crippen LogP contribution in [-0.2, 0) is 11.3 Å². The molecule has 9 heteroatoms. The van der Waals surface area contributed by atoms with E-state index in [4.69, 9.17) is 21.1 Å². The second kappa shape index (κ2) is 12.0. The van der Waals surface area contributed by atoms with Crippen LogP contribution in [0.15, 0.2) is 47.5 Å². The highest BCUT2D eigenvalue weighted by Crippen LogP contribution is 2.24. The second-order valence-corrected chi connectivity index (χ2v) is 7.44. The van der Waals surface area contributed by atoms with Gasteiger partial charge in [0.05, 0.1) is 14.2 Å². The topological polar surface area (TPSA) is 75.2 Å². The zero-order chi connectivity index (χ0) is 21.5. The predicted molar refractivity (Wildman–Crippen MR) is 135 cm³/mol. The van der Waals surface area contributed by atoms with Gasteiger partial charge in [-0.3, -0.25) is 4.99 Å². The zero-order valence-corrected chi connectivity index (χ0v) is 20.9. The van der Waals surface area contributed by atoms with Gasteiger partial charge in [0, 0.05) is 43.4 Å². The van der Waals surface area contributed by atoms with Crippen LogP contribution < -0.4 is 20.3 Å². The van der Waals surface area contributed by atoms with E-state index >= 15 is 0 Å². The number of nitrogens with one attached hydrogen (secondary N) is 2. The van der Waals surface area contributed by atoms with E-state index in [1.165, 1.54) is 14.2 Å². The molecule has 1 aliphatic rings. The van der Waals surface area contributed by atoms with Gasteiger partial charge in [-0.2, -0.15) is 0 Å². The minimum atomic E-state index is -0.428. The number of rotatable bonds is 6. The molecule has 1 heterocycles. The van der Waals surface area contributed by atoms with E-state index in [9.17, 15) is 4.79 Å². The molecular formula is C22H28ClIN4O3. The maximum absolute atomic E-state index is 12.0. The van der Waals surface area contributed by atoms with E-state index in [2.05, 4.69) is 26.6 Å². The number of carbonyl (C=O) groups is 1. The average Bonchev–Trinajstić information content (AvgIpc) is 3.24. The van der Waals surface area contributed by atoms with E-state index in [1.54, 1.807) is 19.2 Å². The standard InChI is InChI=1S/C22H27ClN4O3.HI/c1-24-22(25-13-15-7-8-20(29-2)19(11-15)21(28)30-3)26-17-9-10-27(14-17)18-6-4-5-16(23)12-18;/h4-8,11-12,17H,9-10,13-14H2,1-3H3,(H2,24,25,26);1H. The van der Waals surface area contributed by atoms with Crippen LogP contribution in [0.25, 0.3) is 0 Å². The highest BCUT2D eigenvalue weighted by Gasteiger charge is 2.23. The SMILES string of the molecule is CN=C(NCc1ccc(OC)c(C(=O)OC)c1)NC1CCN(c2cccc(Cl)c2)C1.I. The van der Waals surface area contributed by atoms with E-state index < -0.39 is 5.97 Å². The third-order valence-electron chi connectivity index (χ3n) is 5.06. The quantitative estimate of drug-likeness (QED) is 0.244. The van der Waals surface area contributed by atoms with Crippen molar-refractivity contribution in [1.82, 2.24) is 10.6 Å². The van der Waals surface area contributed by atoms with Gasteiger partial charge in [-0.25, -0.2) is 4.79 Å². The van der Waals surface area contributed by atoms with Crippen molar-refractivity contribution in [2.75, 3.05) is 39.3 Å². The summed E-state index contributed by atoms with van der Waals surface area (Å²) in [6.07, 6.45) is 1.00. The fourth-order valence-electron chi connectivity index (χ4n) is 3.49. The van der Waals surface area contributed by atoms with Gasteiger partial charge in [-0.05, 0) is 42.3 Å². The number of methoxy groups -OCH3 is 2. The molecule has 0 saturated carbocycles. The predicted octanol–water partition coefficient (Wildman–Crippen LogP) is 3.70. The first-order valence-electron chi connectivity index (χ1n) is 9.77. The number of ether oxygens (including phenoxy) is 2. The van der Waals surface area contributed by atoms with Crippen LogP contribution in [0.3, 0.4) is 0 Å². The van der Waals surface area contributed by atoms with Gasteiger partial charge in [0.15, 0.2) is 5.96 Å². The third kappa shape index (κ3) is 6.64. The van der Waals surface area contributed by atoms with Gasteiger partial charge in [-0.1, -0.05) is 23.7 Å². The van der Waals surface area contributed by atoms with E-state index in [-0.39, 0.29) is 30.0 Å². The number of carbonyl (C=O) groups excluding carboxylic acids is 1. The minimum Gasteiger partial charge on any atom is -0.496 e. The van der Waals surface area contributed by atoms with Gasteiger partial charge >= 0.3 is 5.97 Å². The maximum atomic E-state index is 12.0. The summed E-state index contributed by atoms with van der Waals surface area (Å²) in [5.74, 6) is 0.770. The summed E-state index contributed by atoms with van der Waals surface area (Å²) in [6, 6.07) is 13.6. The molecule has 0 amide bonds. The Morgan fingerprint density at radius 1 is 1.26 bits per heavy atom. The molecule has 1 fully saturated rings. The average molecular weight is 559 g/mol. The lowest BCUT2D eigenvalue weighted by molar-refractivity contribution is 0.0597. The smallest absolute Gasteiger partial charge is 0.341 e. The van der Waals surface area contributed by atoms with Gasteiger partial charge in [0.1, 0.15) is 11.3 Å². The molecule has 2 aromatic rings. The summed E-state index contributed by atoms with van der Waals surface area (Å²) in [7, 11) is 4.62. The molecule has 0 bridgehead atoms. The first kappa shape index (κ1) is 25.1. The number of benzene rings is 2. The summed E-state index contributed by atoms with van der Waals surface area (Å²) < 4.78 is 10.1. The van der Waals surface area contributed by atoms with Crippen molar-refractivity contribution in [2.24, 2.45) is 4.99 Å². The Labute approximate surface area is 205 Å². The third-order valence-corrected chi connectivity index (χ3v) is 5.29. The van der Waals surface area contributed by atoms with E-state index in [1.807, 2.05) is 24.3 Å². The van der Waals surface area contributed by atoms with Gasteiger partial charge in [0.25, 0.3) is 0 Å². The summed E-state index contributed by atoms with van der Waals surface area (Å²) in [5.41, 5.74) is 2.45. The zero-order valence-electron chi connectivity index (χ0n) is 17.9. The maximum Gasteiger partial charge on any atom is 0.341 e.